The first-order valence-electron chi connectivity index (χ1n) is 12.8. The Morgan fingerprint density at radius 1 is 1.20 bits per heavy atom. The van der Waals surface area contributed by atoms with Gasteiger partial charge in [0.25, 0.3) is 0 Å². The van der Waals surface area contributed by atoms with Crippen LogP contribution < -0.4 is 20.5 Å². The molecule has 2 aromatic heterocycles. The van der Waals surface area contributed by atoms with Gasteiger partial charge < -0.3 is 24.9 Å². The summed E-state index contributed by atoms with van der Waals surface area (Å²) < 4.78 is 65.7. The molecule has 4 heterocycles. The molecule has 2 aliphatic rings. The summed E-state index contributed by atoms with van der Waals surface area (Å²) in [6.07, 6.45) is 2.13. The monoisotopic (exact) mass is 596 g/mol. The van der Waals surface area contributed by atoms with E-state index in [1.54, 1.807) is 12.1 Å². The first-order valence-corrected chi connectivity index (χ1v) is 15.7. The number of hydrogen-bond donors (Lipinski definition) is 5. The number of aromatic amines is 2. The van der Waals surface area contributed by atoms with Crippen LogP contribution in [0, 0.1) is 0 Å². The van der Waals surface area contributed by atoms with Crippen LogP contribution in [0.15, 0.2) is 51.1 Å². The summed E-state index contributed by atoms with van der Waals surface area (Å²) in [5, 5.41) is 13.7. The second-order valence-electron chi connectivity index (χ2n) is 10.0. The molecule has 16 heteroatoms. The molecule has 2 saturated heterocycles. The number of hydrogen-bond acceptors (Lipinski definition) is 10. The smallest absolute Gasteiger partial charge is 0.325 e. The molecule has 5 rings (SSSR count). The van der Waals surface area contributed by atoms with Gasteiger partial charge in [-0.2, -0.15) is 4.31 Å². The third-order valence-corrected chi connectivity index (χ3v) is 10.6. The van der Waals surface area contributed by atoms with Crippen LogP contribution in [0.1, 0.15) is 19.3 Å². The maximum absolute atomic E-state index is 13.2. The van der Waals surface area contributed by atoms with Crippen molar-refractivity contribution in [3.63, 3.8) is 0 Å². The van der Waals surface area contributed by atoms with Gasteiger partial charge in [0.05, 0.1) is 22.6 Å². The van der Waals surface area contributed by atoms with E-state index in [0.29, 0.717) is 42.8 Å². The van der Waals surface area contributed by atoms with Crippen molar-refractivity contribution in [3.05, 3.63) is 47.0 Å². The highest BCUT2D eigenvalue weighted by molar-refractivity contribution is 7.89. The summed E-state index contributed by atoms with van der Waals surface area (Å²) in [7, 11) is -6.06. The molecule has 3 aromatic rings. The van der Waals surface area contributed by atoms with Crippen molar-refractivity contribution in [1.29, 1.82) is 0 Å². The Bertz CT molecular complexity index is 1630. The summed E-state index contributed by atoms with van der Waals surface area (Å²) in [6.45, 7) is 1.23. The number of benzene rings is 1. The number of fused-ring (bicyclic) bond motifs is 1. The van der Waals surface area contributed by atoms with Crippen LogP contribution in [0.25, 0.3) is 11.2 Å². The second-order valence-corrected chi connectivity index (χ2v) is 13.8. The number of rotatable bonds is 10. The zero-order valence-electron chi connectivity index (χ0n) is 21.8. The van der Waals surface area contributed by atoms with Gasteiger partial charge >= 0.3 is 5.69 Å². The summed E-state index contributed by atoms with van der Waals surface area (Å²) in [5.41, 5.74) is -0.273. The highest BCUT2D eigenvalue weighted by Gasteiger charge is 2.44. The van der Waals surface area contributed by atoms with Crippen molar-refractivity contribution in [2.75, 3.05) is 39.9 Å². The number of H-pyrrole nitrogens is 2. The number of piperidine rings is 1. The third-order valence-electron chi connectivity index (χ3n) is 7.29. The molecule has 0 bridgehead atoms. The standard InChI is InChI=1S/C24H32N6O8S2/c1-25-39(33,34)19-4-2-3-18(9-19)37-15-17(31)12-26-16-11-24(38-14-16)5-7-30(8-6-24)40(35,36)20-10-21-22(27-13-20)29-23(32)28-21/h2-4,9-10,13,16-17,25-26,31H,5-8,11-12,14-15H2,1H3,(H2,27,28,29,32)/t16?,17-/m0/s1. The van der Waals surface area contributed by atoms with Gasteiger partial charge in [-0.05, 0) is 44.5 Å². The van der Waals surface area contributed by atoms with E-state index in [1.807, 2.05) is 0 Å². The lowest BCUT2D eigenvalue weighted by Crippen LogP contribution is -2.47. The quantitative estimate of drug-likeness (QED) is 0.204. The number of sulfonamides is 2. The molecule has 0 amide bonds. The zero-order chi connectivity index (χ0) is 28.5. The molecule has 218 valence electrons. The summed E-state index contributed by atoms with van der Waals surface area (Å²) in [6, 6.07) is 7.42. The minimum atomic E-state index is -3.79. The maximum atomic E-state index is 13.2. The summed E-state index contributed by atoms with van der Waals surface area (Å²) >= 11 is 0. The Labute approximate surface area is 231 Å². The fourth-order valence-corrected chi connectivity index (χ4v) is 7.23. The first kappa shape index (κ1) is 28.7. The van der Waals surface area contributed by atoms with Crippen molar-refractivity contribution in [1.82, 2.24) is 29.3 Å². The molecule has 2 aliphatic heterocycles. The number of ether oxygens (including phenoxy) is 2. The molecular formula is C24H32N6O8S2. The van der Waals surface area contributed by atoms with Crippen molar-refractivity contribution in [2.45, 2.75) is 46.8 Å². The minimum Gasteiger partial charge on any atom is -0.491 e. The number of pyridine rings is 1. The number of aliphatic hydroxyl groups excluding tert-OH is 1. The Kier molecular flexibility index (Phi) is 8.02. The van der Waals surface area contributed by atoms with Crippen molar-refractivity contribution >= 4 is 31.2 Å². The van der Waals surface area contributed by atoms with E-state index in [0.717, 1.165) is 0 Å². The van der Waals surface area contributed by atoms with Gasteiger partial charge in [-0.15, -0.1) is 0 Å². The van der Waals surface area contributed by atoms with Crippen molar-refractivity contribution < 1.29 is 31.4 Å². The molecule has 1 unspecified atom stereocenters. The SMILES string of the molecule is CNS(=O)(=O)c1cccc(OC[C@@H](O)CNC2COC3(CCN(S(=O)(=O)c4cnc5[nH]c(=O)[nH]c5c4)CC3)C2)c1. The second kappa shape index (κ2) is 11.2. The van der Waals surface area contributed by atoms with E-state index in [-0.39, 0.29) is 42.1 Å². The summed E-state index contributed by atoms with van der Waals surface area (Å²) in [4.78, 5) is 20.6. The molecule has 2 fully saturated rings. The van der Waals surface area contributed by atoms with Gasteiger partial charge in [0.15, 0.2) is 5.65 Å². The molecule has 0 saturated carbocycles. The van der Waals surface area contributed by atoms with Crippen LogP contribution >= 0.6 is 0 Å². The average Bonchev–Trinajstić information content (AvgIpc) is 3.52. The highest BCUT2D eigenvalue weighted by atomic mass is 32.2. The number of nitrogens with zero attached hydrogens (tertiary/aromatic N) is 2. The van der Waals surface area contributed by atoms with E-state index >= 15 is 0 Å². The van der Waals surface area contributed by atoms with E-state index in [1.165, 1.54) is 35.7 Å². The summed E-state index contributed by atoms with van der Waals surface area (Å²) in [5.74, 6) is 0.331. The van der Waals surface area contributed by atoms with Gasteiger partial charge in [0.2, 0.25) is 20.0 Å². The van der Waals surface area contributed by atoms with Crippen LogP contribution in [0.3, 0.4) is 0 Å². The number of imidazole rings is 1. The molecule has 0 aliphatic carbocycles. The Hall–Kier alpha value is -2.86. The van der Waals surface area contributed by atoms with Crippen LogP contribution in [-0.4, -0.2) is 98.8 Å². The molecular weight excluding hydrogens is 564 g/mol. The molecule has 14 nitrogen and oxygen atoms in total. The largest absolute Gasteiger partial charge is 0.491 e. The fraction of sp³-hybridized carbons (Fsp3) is 0.500. The normalized spacial score (nSPS) is 20.7. The van der Waals surface area contributed by atoms with Gasteiger partial charge in [0.1, 0.15) is 23.4 Å². The minimum absolute atomic E-state index is 0.0149. The first-order chi connectivity index (χ1) is 19.0. The van der Waals surface area contributed by atoms with E-state index in [9.17, 15) is 26.7 Å². The lowest BCUT2D eigenvalue weighted by Gasteiger charge is -2.38. The number of nitrogens with one attached hydrogen (secondary N) is 4. The Morgan fingerprint density at radius 2 is 1.98 bits per heavy atom. The van der Waals surface area contributed by atoms with E-state index in [4.69, 9.17) is 9.47 Å². The average molecular weight is 597 g/mol. The zero-order valence-corrected chi connectivity index (χ0v) is 23.4. The van der Waals surface area contributed by atoms with Gasteiger partial charge in [0, 0.05) is 37.9 Å². The van der Waals surface area contributed by atoms with Crippen molar-refractivity contribution in [3.8, 4) is 5.75 Å². The van der Waals surface area contributed by atoms with Gasteiger partial charge in [-0.25, -0.2) is 31.3 Å². The Balaban J connectivity index is 1.09. The third kappa shape index (κ3) is 6.07. The highest BCUT2D eigenvalue weighted by Crippen LogP contribution is 2.37. The molecule has 5 N–H and O–H groups in total. The molecule has 40 heavy (non-hydrogen) atoms. The number of aliphatic hydroxyl groups is 1. The lowest BCUT2D eigenvalue weighted by atomic mass is 9.88. The molecule has 1 spiro atoms. The van der Waals surface area contributed by atoms with Gasteiger partial charge in [-0.1, -0.05) is 6.07 Å². The molecule has 1 aromatic carbocycles. The van der Waals surface area contributed by atoms with Crippen LogP contribution in [0.2, 0.25) is 0 Å². The van der Waals surface area contributed by atoms with Crippen LogP contribution in [-0.2, 0) is 24.8 Å². The topological polar surface area (TPSA) is 196 Å². The lowest BCUT2D eigenvalue weighted by molar-refractivity contribution is -0.0312. The molecule has 2 atom stereocenters. The van der Waals surface area contributed by atoms with Crippen molar-refractivity contribution in [2.24, 2.45) is 0 Å². The maximum Gasteiger partial charge on any atom is 0.325 e. The number of aromatic nitrogens is 3. The van der Waals surface area contributed by atoms with Crippen LogP contribution in [0.5, 0.6) is 5.75 Å². The van der Waals surface area contributed by atoms with Gasteiger partial charge in [-0.3, -0.25) is 4.98 Å². The van der Waals surface area contributed by atoms with Crippen LogP contribution in [0.4, 0.5) is 0 Å². The molecule has 0 radical (unpaired) electrons. The predicted octanol–water partition coefficient (Wildman–Crippen LogP) is -0.499. The Morgan fingerprint density at radius 3 is 2.73 bits per heavy atom. The van der Waals surface area contributed by atoms with E-state index < -0.39 is 37.4 Å². The predicted molar refractivity (Wildman–Crippen MR) is 144 cm³/mol. The fourth-order valence-electron chi connectivity index (χ4n) is 5.05. The van der Waals surface area contributed by atoms with E-state index in [2.05, 4.69) is 25.0 Å².